The van der Waals surface area contributed by atoms with Crippen LogP contribution in [0, 0.1) is 0 Å². The fraction of sp³-hybridized carbons (Fsp3) is 0.818. The molecule has 0 aromatic rings. The van der Waals surface area contributed by atoms with E-state index in [2.05, 4.69) is 16.9 Å². The van der Waals surface area contributed by atoms with Gasteiger partial charge in [-0.05, 0) is 19.8 Å². The number of likely N-dealkylation sites (tertiary alicyclic amines) is 1. The lowest BCUT2D eigenvalue weighted by Crippen LogP contribution is -2.44. The number of carbonyl (C=O) groups is 1. The Kier molecular flexibility index (Phi) is 4.59. The van der Waals surface area contributed by atoms with E-state index in [9.17, 15) is 4.79 Å². The Balaban J connectivity index is 2.36. The maximum Gasteiger partial charge on any atom is 0.219 e. The van der Waals surface area contributed by atoms with Crippen LogP contribution in [0.25, 0.3) is 0 Å². The van der Waals surface area contributed by atoms with Gasteiger partial charge in [-0.15, -0.1) is 0 Å². The van der Waals surface area contributed by atoms with Gasteiger partial charge in [-0.25, -0.2) is 0 Å². The molecule has 86 valence electrons. The van der Waals surface area contributed by atoms with Crippen LogP contribution in [0.3, 0.4) is 0 Å². The molecule has 1 aliphatic heterocycles. The molecule has 0 radical (unpaired) electrons. The summed E-state index contributed by atoms with van der Waals surface area (Å²) in [6, 6.07) is 0.538. The first-order valence-electron chi connectivity index (χ1n) is 5.62. The maximum absolute atomic E-state index is 11.1. The van der Waals surface area contributed by atoms with Crippen molar-refractivity contribution in [1.29, 1.82) is 0 Å². The monoisotopic (exact) mass is 211 g/mol. The Labute approximate surface area is 92.0 Å². The number of hydrogen-bond donors (Lipinski definition) is 0. The summed E-state index contributed by atoms with van der Waals surface area (Å²) in [7, 11) is 2.06. The quantitative estimate of drug-likeness (QED) is 0.515. The summed E-state index contributed by atoms with van der Waals surface area (Å²) < 4.78 is 0. The minimum Gasteiger partial charge on any atom is -0.363 e. The van der Waals surface area contributed by atoms with E-state index in [4.69, 9.17) is 0 Å². The summed E-state index contributed by atoms with van der Waals surface area (Å²) in [4.78, 5) is 19.4. The van der Waals surface area contributed by atoms with Crippen LogP contribution < -0.4 is 0 Å². The van der Waals surface area contributed by atoms with Crippen LogP contribution in [0.1, 0.15) is 26.7 Å². The van der Waals surface area contributed by atoms with Gasteiger partial charge < -0.3 is 9.80 Å². The molecule has 0 bridgehead atoms. The van der Waals surface area contributed by atoms with Gasteiger partial charge >= 0.3 is 0 Å². The molecule has 1 amide bonds. The number of carbonyl (C=O) groups excluding carboxylic acids is 1. The number of piperidine rings is 1. The highest BCUT2D eigenvalue weighted by molar-refractivity contribution is 5.73. The van der Waals surface area contributed by atoms with Crippen molar-refractivity contribution in [3.8, 4) is 0 Å². The molecule has 0 N–H and O–H groups in total. The van der Waals surface area contributed by atoms with Gasteiger partial charge in [0.1, 0.15) is 0 Å². The van der Waals surface area contributed by atoms with Crippen LogP contribution in [0.15, 0.2) is 4.99 Å². The zero-order valence-corrected chi connectivity index (χ0v) is 9.94. The van der Waals surface area contributed by atoms with E-state index >= 15 is 0 Å². The van der Waals surface area contributed by atoms with Crippen LogP contribution in [0.2, 0.25) is 0 Å². The second-order valence-corrected chi connectivity index (χ2v) is 4.02. The Morgan fingerprint density at radius 2 is 2.13 bits per heavy atom. The molecule has 0 unspecified atom stereocenters. The van der Waals surface area contributed by atoms with E-state index in [1.165, 1.54) is 0 Å². The zero-order valence-electron chi connectivity index (χ0n) is 9.94. The molecule has 1 fully saturated rings. The highest BCUT2D eigenvalue weighted by Crippen LogP contribution is 2.14. The predicted molar refractivity (Wildman–Crippen MR) is 62.1 cm³/mol. The normalized spacial score (nSPS) is 18.5. The average Bonchev–Trinajstić information content (AvgIpc) is 2.26. The summed E-state index contributed by atoms with van der Waals surface area (Å²) in [6.07, 6.45) is 4.01. The third kappa shape index (κ3) is 3.53. The van der Waals surface area contributed by atoms with E-state index in [0.717, 1.165) is 32.5 Å². The van der Waals surface area contributed by atoms with E-state index in [1.54, 1.807) is 6.92 Å². The van der Waals surface area contributed by atoms with Gasteiger partial charge in [0.05, 0.1) is 6.34 Å². The second kappa shape index (κ2) is 5.73. The lowest BCUT2D eigenvalue weighted by atomic mass is 10.0. The standard InChI is InChI=1S/C11H21N3O/c1-4-12-9-13(3)11-5-7-14(8-6-11)10(2)15/h9,11H,4-8H2,1-3H3/b12-9-. The molecule has 0 aliphatic carbocycles. The molecule has 0 aromatic heterocycles. The fourth-order valence-electron chi connectivity index (χ4n) is 1.89. The lowest BCUT2D eigenvalue weighted by Gasteiger charge is -2.35. The summed E-state index contributed by atoms with van der Waals surface area (Å²) in [5.41, 5.74) is 0. The summed E-state index contributed by atoms with van der Waals surface area (Å²) >= 11 is 0. The minimum absolute atomic E-state index is 0.193. The van der Waals surface area contributed by atoms with E-state index < -0.39 is 0 Å². The number of amides is 1. The van der Waals surface area contributed by atoms with E-state index in [1.807, 2.05) is 18.2 Å². The highest BCUT2D eigenvalue weighted by Gasteiger charge is 2.22. The van der Waals surface area contributed by atoms with Gasteiger partial charge in [0.15, 0.2) is 0 Å². The molecule has 0 aromatic carbocycles. The first-order valence-corrected chi connectivity index (χ1v) is 5.62. The van der Waals surface area contributed by atoms with Crippen molar-refractivity contribution in [2.24, 2.45) is 4.99 Å². The van der Waals surface area contributed by atoms with Crippen LogP contribution in [-0.2, 0) is 4.79 Å². The first-order chi connectivity index (χ1) is 7.15. The van der Waals surface area contributed by atoms with Crippen molar-refractivity contribution in [2.75, 3.05) is 26.7 Å². The van der Waals surface area contributed by atoms with Gasteiger partial charge in [-0.3, -0.25) is 9.79 Å². The molecule has 0 saturated carbocycles. The van der Waals surface area contributed by atoms with Gasteiger partial charge in [0, 0.05) is 39.6 Å². The molecule has 1 rings (SSSR count). The van der Waals surface area contributed by atoms with Crippen molar-refractivity contribution in [3.05, 3.63) is 0 Å². The number of hydrogen-bond acceptors (Lipinski definition) is 2. The third-order valence-corrected chi connectivity index (χ3v) is 2.93. The second-order valence-electron chi connectivity index (χ2n) is 4.02. The van der Waals surface area contributed by atoms with Gasteiger partial charge in [-0.2, -0.15) is 0 Å². The molecular weight excluding hydrogens is 190 g/mol. The van der Waals surface area contributed by atoms with Crippen molar-refractivity contribution >= 4 is 12.2 Å². The SMILES string of the molecule is CC/N=C\N(C)C1CCN(C(C)=O)CC1. The largest absolute Gasteiger partial charge is 0.363 e. The summed E-state index contributed by atoms with van der Waals surface area (Å²) in [5, 5.41) is 0. The average molecular weight is 211 g/mol. The molecule has 1 saturated heterocycles. The first kappa shape index (κ1) is 12.0. The Morgan fingerprint density at radius 1 is 1.53 bits per heavy atom. The van der Waals surface area contributed by atoms with Crippen LogP contribution >= 0.6 is 0 Å². The number of rotatable bonds is 3. The molecular formula is C11H21N3O. The Hall–Kier alpha value is -1.06. The third-order valence-electron chi connectivity index (χ3n) is 2.93. The summed E-state index contributed by atoms with van der Waals surface area (Å²) in [6.45, 7) is 6.26. The van der Waals surface area contributed by atoms with Gasteiger partial charge in [0.2, 0.25) is 5.91 Å². The lowest BCUT2D eigenvalue weighted by molar-refractivity contribution is -0.130. The molecule has 0 spiro atoms. The highest BCUT2D eigenvalue weighted by atomic mass is 16.2. The topological polar surface area (TPSA) is 35.9 Å². The smallest absolute Gasteiger partial charge is 0.219 e. The van der Waals surface area contributed by atoms with E-state index in [-0.39, 0.29) is 5.91 Å². The van der Waals surface area contributed by atoms with Crippen molar-refractivity contribution in [2.45, 2.75) is 32.7 Å². The Morgan fingerprint density at radius 3 is 2.60 bits per heavy atom. The van der Waals surface area contributed by atoms with Gasteiger partial charge in [-0.1, -0.05) is 0 Å². The minimum atomic E-state index is 0.193. The molecule has 0 atom stereocenters. The van der Waals surface area contributed by atoms with Crippen molar-refractivity contribution in [1.82, 2.24) is 9.80 Å². The Bertz CT molecular complexity index is 232. The van der Waals surface area contributed by atoms with Crippen LogP contribution in [0.4, 0.5) is 0 Å². The number of nitrogens with zero attached hydrogens (tertiary/aromatic N) is 3. The molecule has 15 heavy (non-hydrogen) atoms. The molecule has 1 aliphatic rings. The van der Waals surface area contributed by atoms with Crippen molar-refractivity contribution in [3.63, 3.8) is 0 Å². The molecule has 1 heterocycles. The van der Waals surface area contributed by atoms with Gasteiger partial charge in [0.25, 0.3) is 0 Å². The molecule has 4 nitrogen and oxygen atoms in total. The predicted octanol–water partition coefficient (Wildman–Crippen LogP) is 0.977. The van der Waals surface area contributed by atoms with Crippen molar-refractivity contribution < 1.29 is 4.79 Å². The van der Waals surface area contributed by atoms with E-state index in [0.29, 0.717) is 6.04 Å². The maximum atomic E-state index is 11.1. The van der Waals surface area contributed by atoms with Crippen LogP contribution in [-0.4, -0.2) is 54.8 Å². The number of aliphatic imine (C=N–C) groups is 1. The van der Waals surface area contributed by atoms with Crippen LogP contribution in [0.5, 0.6) is 0 Å². The molecule has 4 heteroatoms. The summed E-state index contributed by atoms with van der Waals surface area (Å²) in [5.74, 6) is 0.193. The fourth-order valence-corrected chi connectivity index (χ4v) is 1.89. The zero-order chi connectivity index (χ0) is 11.3.